The number of likely N-dealkylation sites (N-methyl/N-ethyl adjacent to an activating group) is 1. The first-order valence-corrected chi connectivity index (χ1v) is 9.74. The smallest absolute Gasteiger partial charge is 0.326 e. The lowest BCUT2D eigenvalue weighted by atomic mass is 10.2. The molecule has 1 aromatic heterocycles. The fourth-order valence-electron chi connectivity index (χ4n) is 2.77. The van der Waals surface area contributed by atoms with Gasteiger partial charge in [-0.2, -0.15) is 0 Å². The van der Waals surface area contributed by atoms with Gasteiger partial charge in [0, 0.05) is 19.2 Å². The zero-order valence-electron chi connectivity index (χ0n) is 18.8. The van der Waals surface area contributed by atoms with Crippen molar-refractivity contribution in [2.24, 2.45) is 0 Å². The van der Waals surface area contributed by atoms with Crippen LogP contribution in [0.1, 0.15) is 37.0 Å². The van der Waals surface area contributed by atoms with Gasteiger partial charge in [0.1, 0.15) is 17.9 Å². The zero-order valence-corrected chi connectivity index (χ0v) is 18.8. The fourth-order valence-corrected chi connectivity index (χ4v) is 2.77. The van der Waals surface area contributed by atoms with E-state index in [-0.39, 0.29) is 18.1 Å². The second kappa shape index (κ2) is 9.71. The first-order chi connectivity index (χ1) is 14.0. The number of hydrogen-bond acceptors (Lipinski definition) is 7. The molecule has 30 heavy (non-hydrogen) atoms. The molecule has 0 N–H and O–H groups in total. The van der Waals surface area contributed by atoms with Crippen LogP contribution in [-0.2, 0) is 9.53 Å². The lowest BCUT2D eigenvalue weighted by Crippen LogP contribution is -2.42. The van der Waals surface area contributed by atoms with E-state index in [1.165, 1.54) is 4.90 Å². The minimum absolute atomic E-state index is 0.157. The van der Waals surface area contributed by atoms with E-state index >= 15 is 0 Å². The number of hydrogen-bond donors (Lipinski definition) is 0. The Morgan fingerprint density at radius 3 is 2.47 bits per heavy atom. The highest BCUT2D eigenvalue weighted by Crippen LogP contribution is 2.19. The van der Waals surface area contributed by atoms with Gasteiger partial charge in [-0.3, -0.25) is 9.59 Å². The molecular weight excluding hydrogens is 386 g/mol. The van der Waals surface area contributed by atoms with Gasteiger partial charge in [0.25, 0.3) is 5.91 Å². The molecule has 1 heterocycles. The molecule has 9 heteroatoms. The predicted molar refractivity (Wildman–Crippen MR) is 113 cm³/mol. The van der Waals surface area contributed by atoms with Gasteiger partial charge >= 0.3 is 5.97 Å². The molecule has 0 saturated carbocycles. The van der Waals surface area contributed by atoms with E-state index in [1.807, 2.05) is 37.2 Å². The third kappa shape index (κ3) is 6.28. The summed E-state index contributed by atoms with van der Waals surface area (Å²) in [6.07, 6.45) is 0. The number of ether oxygens (including phenoxy) is 2. The topological polar surface area (TPSA) is 89.8 Å². The number of amides is 1. The van der Waals surface area contributed by atoms with Crippen LogP contribution >= 0.6 is 0 Å². The van der Waals surface area contributed by atoms with Gasteiger partial charge in [-0.05, 0) is 53.9 Å². The lowest BCUT2D eigenvalue weighted by Gasteiger charge is -2.25. The normalized spacial score (nSPS) is 11.5. The second-order valence-corrected chi connectivity index (χ2v) is 8.25. The van der Waals surface area contributed by atoms with Gasteiger partial charge in [-0.1, -0.05) is 11.3 Å². The molecule has 0 unspecified atom stereocenters. The number of esters is 1. The summed E-state index contributed by atoms with van der Waals surface area (Å²) in [4.78, 5) is 28.9. The average molecular weight is 418 g/mol. The molecule has 9 nitrogen and oxygen atoms in total. The van der Waals surface area contributed by atoms with Gasteiger partial charge in [0.15, 0.2) is 5.69 Å². The number of nitrogens with zero attached hydrogens (tertiary/aromatic N) is 5. The van der Waals surface area contributed by atoms with E-state index in [9.17, 15) is 9.59 Å². The number of aromatic nitrogens is 3. The van der Waals surface area contributed by atoms with E-state index in [0.29, 0.717) is 24.5 Å². The molecule has 2 aromatic rings. The Morgan fingerprint density at radius 1 is 1.17 bits per heavy atom. The Morgan fingerprint density at radius 2 is 1.87 bits per heavy atom. The van der Waals surface area contributed by atoms with E-state index in [1.54, 1.807) is 45.6 Å². The summed E-state index contributed by atoms with van der Waals surface area (Å²) < 4.78 is 12.2. The maximum atomic E-state index is 13.2. The van der Waals surface area contributed by atoms with Crippen molar-refractivity contribution >= 4 is 11.9 Å². The first-order valence-electron chi connectivity index (χ1n) is 9.74. The van der Waals surface area contributed by atoms with Gasteiger partial charge < -0.3 is 19.3 Å². The largest absolute Gasteiger partial charge is 0.497 e. The number of rotatable bonds is 8. The van der Waals surface area contributed by atoms with E-state index in [2.05, 4.69) is 10.3 Å². The highest BCUT2D eigenvalue weighted by atomic mass is 16.6. The Kier molecular flexibility index (Phi) is 7.55. The van der Waals surface area contributed by atoms with Gasteiger partial charge in [-0.15, -0.1) is 5.10 Å². The molecule has 2 rings (SSSR count). The van der Waals surface area contributed by atoms with Crippen LogP contribution in [0, 0.1) is 6.92 Å². The maximum absolute atomic E-state index is 13.2. The number of benzene rings is 1. The van der Waals surface area contributed by atoms with Crippen molar-refractivity contribution in [2.75, 3.05) is 40.8 Å². The summed E-state index contributed by atoms with van der Waals surface area (Å²) in [7, 11) is 5.39. The molecule has 1 amide bonds. The monoisotopic (exact) mass is 417 g/mol. The van der Waals surface area contributed by atoms with E-state index in [0.717, 1.165) is 5.69 Å². The Labute approximate surface area is 177 Å². The molecule has 0 atom stereocenters. The van der Waals surface area contributed by atoms with Crippen LogP contribution in [0.25, 0.3) is 5.69 Å². The van der Waals surface area contributed by atoms with Crippen LogP contribution in [0.2, 0.25) is 0 Å². The van der Waals surface area contributed by atoms with E-state index < -0.39 is 11.6 Å². The lowest BCUT2D eigenvalue weighted by molar-refractivity contribution is -0.155. The van der Waals surface area contributed by atoms with Crippen molar-refractivity contribution < 1.29 is 19.1 Å². The molecule has 0 aliphatic rings. The van der Waals surface area contributed by atoms with Crippen LogP contribution in [0.4, 0.5) is 0 Å². The van der Waals surface area contributed by atoms with Crippen LogP contribution in [0.15, 0.2) is 24.3 Å². The summed E-state index contributed by atoms with van der Waals surface area (Å²) in [6, 6.07) is 7.32. The van der Waals surface area contributed by atoms with Crippen molar-refractivity contribution in [3.63, 3.8) is 0 Å². The van der Waals surface area contributed by atoms with E-state index in [4.69, 9.17) is 9.47 Å². The Balaban J connectivity index is 2.28. The molecule has 1 aromatic carbocycles. The highest BCUT2D eigenvalue weighted by Gasteiger charge is 2.27. The van der Waals surface area contributed by atoms with Crippen molar-refractivity contribution in [2.45, 2.75) is 33.3 Å². The highest BCUT2D eigenvalue weighted by molar-refractivity contribution is 5.95. The van der Waals surface area contributed by atoms with Crippen LogP contribution in [0.5, 0.6) is 5.75 Å². The minimum atomic E-state index is -0.626. The van der Waals surface area contributed by atoms with Crippen LogP contribution in [-0.4, -0.2) is 83.1 Å². The quantitative estimate of drug-likeness (QED) is 0.606. The maximum Gasteiger partial charge on any atom is 0.326 e. The van der Waals surface area contributed by atoms with Crippen LogP contribution < -0.4 is 4.74 Å². The summed E-state index contributed by atoms with van der Waals surface area (Å²) in [5.41, 5.74) is 0.872. The standard InChI is InChI=1S/C21H31N5O4/c1-15-19(22-23-26(15)16-9-8-10-17(13-16)29-7)20(28)25(12-11-24(5)6)14-18(27)30-21(2,3)4/h8-10,13H,11-12,14H2,1-7H3. The van der Waals surface area contributed by atoms with Crippen molar-refractivity contribution in [3.05, 3.63) is 35.7 Å². The Bertz CT molecular complexity index is 886. The summed E-state index contributed by atoms with van der Waals surface area (Å²) in [5.74, 6) is -0.158. The third-order valence-corrected chi connectivity index (χ3v) is 4.24. The molecule has 0 radical (unpaired) electrons. The summed E-state index contributed by atoms with van der Waals surface area (Å²) in [5, 5.41) is 8.23. The summed E-state index contributed by atoms with van der Waals surface area (Å²) in [6.45, 7) is 7.94. The van der Waals surface area contributed by atoms with Crippen molar-refractivity contribution in [1.82, 2.24) is 24.8 Å². The first kappa shape index (κ1) is 23.3. The average Bonchev–Trinajstić information content (AvgIpc) is 3.04. The van der Waals surface area contributed by atoms with Crippen molar-refractivity contribution in [1.29, 1.82) is 0 Å². The molecule has 164 valence electrons. The van der Waals surface area contributed by atoms with Gasteiger partial charge in [-0.25, -0.2) is 4.68 Å². The number of carbonyl (C=O) groups excluding carboxylic acids is 2. The molecule has 0 fully saturated rings. The number of carbonyl (C=O) groups is 2. The van der Waals surface area contributed by atoms with Crippen LogP contribution in [0.3, 0.4) is 0 Å². The second-order valence-electron chi connectivity index (χ2n) is 8.25. The molecule has 0 aliphatic heterocycles. The fraction of sp³-hybridized carbons (Fsp3) is 0.524. The molecule has 0 saturated heterocycles. The Hall–Kier alpha value is -2.94. The SMILES string of the molecule is COc1cccc(-n2nnc(C(=O)N(CCN(C)C)CC(=O)OC(C)(C)C)c2C)c1. The minimum Gasteiger partial charge on any atom is -0.497 e. The molecule has 0 bridgehead atoms. The molecular formula is C21H31N5O4. The predicted octanol–water partition coefficient (Wildman–Crippen LogP) is 1.93. The molecule has 0 spiro atoms. The summed E-state index contributed by atoms with van der Waals surface area (Å²) >= 11 is 0. The van der Waals surface area contributed by atoms with Gasteiger partial charge in [0.05, 0.1) is 18.5 Å². The number of methoxy groups -OCH3 is 1. The van der Waals surface area contributed by atoms with Crippen molar-refractivity contribution in [3.8, 4) is 11.4 Å². The third-order valence-electron chi connectivity index (χ3n) is 4.24. The van der Waals surface area contributed by atoms with Gasteiger partial charge in [0.2, 0.25) is 0 Å². The molecule has 0 aliphatic carbocycles. The zero-order chi connectivity index (χ0) is 22.5.